The van der Waals surface area contributed by atoms with Gasteiger partial charge in [-0.25, -0.2) is 9.37 Å². The third kappa shape index (κ3) is 2.45. The van der Waals surface area contributed by atoms with Gasteiger partial charge in [-0.15, -0.1) is 11.3 Å². The molecule has 1 saturated heterocycles. The fourth-order valence-electron chi connectivity index (χ4n) is 3.59. The molecule has 2 fully saturated rings. The van der Waals surface area contributed by atoms with E-state index < -0.39 is 0 Å². The van der Waals surface area contributed by atoms with Gasteiger partial charge in [0, 0.05) is 24.0 Å². The first kappa shape index (κ1) is 13.2. The second-order valence-corrected chi connectivity index (χ2v) is 6.91. The number of nitrogens with zero attached hydrogens (tertiary/aromatic N) is 2. The molecule has 0 amide bonds. The van der Waals surface area contributed by atoms with E-state index >= 15 is 0 Å². The van der Waals surface area contributed by atoms with Crippen molar-refractivity contribution in [2.75, 3.05) is 18.0 Å². The summed E-state index contributed by atoms with van der Waals surface area (Å²) < 4.78 is 13.0. The van der Waals surface area contributed by atoms with Crippen molar-refractivity contribution in [2.24, 2.45) is 11.8 Å². The lowest BCUT2D eigenvalue weighted by Gasteiger charge is -2.16. The molecule has 5 heteroatoms. The molecule has 21 heavy (non-hydrogen) atoms. The molecule has 1 N–H and O–H groups in total. The minimum Gasteiger partial charge on any atom is -0.393 e. The summed E-state index contributed by atoms with van der Waals surface area (Å²) in [5, 5.41) is 12.8. The molecule has 0 spiro atoms. The zero-order valence-electron chi connectivity index (χ0n) is 11.6. The molecular weight excluding hydrogens is 287 g/mol. The van der Waals surface area contributed by atoms with E-state index in [-0.39, 0.29) is 11.9 Å². The van der Waals surface area contributed by atoms with Gasteiger partial charge >= 0.3 is 0 Å². The number of hydrogen-bond donors (Lipinski definition) is 1. The van der Waals surface area contributed by atoms with Gasteiger partial charge in [0.25, 0.3) is 0 Å². The van der Waals surface area contributed by atoms with E-state index in [2.05, 4.69) is 4.90 Å². The summed E-state index contributed by atoms with van der Waals surface area (Å²) in [6.07, 6.45) is 1.75. The number of aromatic nitrogens is 1. The van der Waals surface area contributed by atoms with Crippen LogP contribution in [0.3, 0.4) is 0 Å². The first-order chi connectivity index (χ1) is 10.2. The Labute approximate surface area is 127 Å². The van der Waals surface area contributed by atoms with Crippen LogP contribution in [0, 0.1) is 17.7 Å². The van der Waals surface area contributed by atoms with Crippen molar-refractivity contribution >= 4 is 16.5 Å². The standard InChI is InChI=1S/C16H17FN2OS/c17-13-3-1-10(2-4-13)15-9-21-16(18-15)19-7-11-5-14(20)6-12(11)8-19/h1-4,9,11-12,14,20H,5-8H2/t11-,12+,14?. The Balaban J connectivity index is 1.52. The Kier molecular flexibility index (Phi) is 3.19. The van der Waals surface area contributed by atoms with Crippen LogP contribution < -0.4 is 4.90 Å². The third-order valence-corrected chi connectivity index (χ3v) is 5.53. The van der Waals surface area contributed by atoms with Crippen molar-refractivity contribution in [3.05, 3.63) is 35.5 Å². The molecule has 4 rings (SSSR count). The van der Waals surface area contributed by atoms with Gasteiger partial charge in [0.05, 0.1) is 11.8 Å². The fourth-order valence-corrected chi connectivity index (χ4v) is 4.44. The highest BCUT2D eigenvalue weighted by atomic mass is 32.1. The molecule has 1 saturated carbocycles. The van der Waals surface area contributed by atoms with Gasteiger partial charge < -0.3 is 10.0 Å². The molecule has 1 unspecified atom stereocenters. The van der Waals surface area contributed by atoms with E-state index in [0.29, 0.717) is 11.8 Å². The van der Waals surface area contributed by atoms with E-state index in [1.165, 1.54) is 12.1 Å². The lowest BCUT2D eigenvalue weighted by Crippen LogP contribution is -2.22. The Morgan fingerprint density at radius 3 is 2.48 bits per heavy atom. The van der Waals surface area contributed by atoms with Crippen molar-refractivity contribution in [3.8, 4) is 11.3 Å². The van der Waals surface area contributed by atoms with Crippen molar-refractivity contribution < 1.29 is 9.50 Å². The first-order valence-corrected chi connectivity index (χ1v) is 8.21. The maximum absolute atomic E-state index is 13.0. The summed E-state index contributed by atoms with van der Waals surface area (Å²) in [5.74, 6) is 0.997. The van der Waals surface area contributed by atoms with Gasteiger partial charge in [-0.1, -0.05) is 0 Å². The van der Waals surface area contributed by atoms with Crippen molar-refractivity contribution in [1.82, 2.24) is 4.98 Å². The third-order valence-electron chi connectivity index (χ3n) is 4.63. The second kappa shape index (κ2) is 5.07. The molecule has 1 aliphatic carbocycles. The van der Waals surface area contributed by atoms with Crippen LogP contribution in [-0.4, -0.2) is 29.3 Å². The van der Waals surface area contributed by atoms with Crippen LogP contribution >= 0.6 is 11.3 Å². The second-order valence-electron chi connectivity index (χ2n) is 6.07. The Bertz CT molecular complexity index is 628. The molecule has 1 aromatic carbocycles. The lowest BCUT2D eigenvalue weighted by atomic mass is 10.0. The molecule has 1 aromatic heterocycles. The van der Waals surface area contributed by atoms with Gasteiger partial charge in [-0.3, -0.25) is 0 Å². The number of halogens is 1. The quantitative estimate of drug-likeness (QED) is 0.926. The number of aliphatic hydroxyl groups excluding tert-OH is 1. The number of fused-ring (bicyclic) bond motifs is 1. The summed E-state index contributed by atoms with van der Waals surface area (Å²) in [4.78, 5) is 7.03. The zero-order chi connectivity index (χ0) is 14.4. The summed E-state index contributed by atoms with van der Waals surface area (Å²) >= 11 is 1.64. The molecule has 2 heterocycles. The van der Waals surface area contributed by atoms with Gasteiger partial charge in [0.2, 0.25) is 0 Å². The van der Waals surface area contributed by atoms with Crippen LogP contribution in [0.5, 0.6) is 0 Å². The smallest absolute Gasteiger partial charge is 0.185 e. The SMILES string of the molecule is OC1C[C@@H]2CN(c3nc(-c4ccc(F)cc4)cs3)C[C@@H]2C1. The topological polar surface area (TPSA) is 36.4 Å². The van der Waals surface area contributed by atoms with Gasteiger partial charge in [-0.05, 0) is 48.9 Å². The van der Waals surface area contributed by atoms with Crippen LogP contribution in [0.2, 0.25) is 0 Å². The highest BCUT2D eigenvalue weighted by molar-refractivity contribution is 7.14. The van der Waals surface area contributed by atoms with Gasteiger partial charge in [0.1, 0.15) is 5.82 Å². The monoisotopic (exact) mass is 304 g/mol. The van der Waals surface area contributed by atoms with Crippen LogP contribution in [-0.2, 0) is 0 Å². The number of anilines is 1. The zero-order valence-corrected chi connectivity index (χ0v) is 12.4. The normalized spacial score (nSPS) is 28.1. The van der Waals surface area contributed by atoms with Gasteiger partial charge in [-0.2, -0.15) is 0 Å². The van der Waals surface area contributed by atoms with E-state index in [0.717, 1.165) is 42.3 Å². The highest BCUT2D eigenvalue weighted by Gasteiger charge is 2.40. The average Bonchev–Trinajstić information content (AvgIpc) is 3.12. The van der Waals surface area contributed by atoms with Crippen molar-refractivity contribution in [3.63, 3.8) is 0 Å². The number of hydrogen-bond acceptors (Lipinski definition) is 4. The highest BCUT2D eigenvalue weighted by Crippen LogP contribution is 2.41. The maximum atomic E-state index is 13.0. The molecule has 2 aliphatic rings. The number of thiazole rings is 1. The molecule has 3 atom stereocenters. The molecule has 1 aliphatic heterocycles. The summed E-state index contributed by atoms with van der Waals surface area (Å²) in [7, 11) is 0. The molecule has 0 radical (unpaired) electrons. The predicted molar refractivity (Wildman–Crippen MR) is 81.9 cm³/mol. The summed E-state index contributed by atoms with van der Waals surface area (Å²) in [5.41, 5.74) is 1.86. The molecule has 2 aromatic rings. The predicted octanol–water partition coefficient (Wildman–Crippen LogP) is 3.16. The summed E-state index contributed by atoms with van der Waals surface area (Å²) in [6, 6.07) is 6.47. The van der Waals surface area contributed by atoms with Crippen molar-refractivity contribution in [1.29, 1.82) is 0 Å². The van der Waals surface area contributed by atoms with Crippen LogP contribution in [0.4, 0.5) is 9.52 Å². The Hall–Kier alpha value is -1.46. The van der Waals surface area contributed by atoms with Crippen LogP contribution in [0.25, 0.3) is 11.3 Å². The molecular formula is C16H17FN2OS. The number of rotatable bonds is 2. The van der Waals surface area contributed by atoms with E-state index in [1.807, 2.05) is 5.38 Å². The maximum Gasteiger partial charge on any atom is 0.185 e. The molecule has 3 nitrogen and oxygen atoms in total. The van der Waals surface area contributed by atoms with E-state index in [4.69, 9.17) is 4.98 Å². The van der Waals surface area contributed by atoms with E-state index in [9.17, 15) is 9.50 Å². The minimum absolute atomic E-state index is 0.103. The number of benzene rings is 1. The average molecular weight is 304 g/mol. The Morgan fingerprint density at radius 2 is 1.81 bits per heavy atom. The molecule has 0 bridgehead atoms. The van der Waals surface area contributed by atoms with E-state index in [1.54, 1.807) is 23.5 Å². The Morgan fingerprint density at radius 1 is 1.14 bits per heavy atom. The van der Waals surface area contributed by atoms with Crippen molar-refractivity contribution in [2.45, 2.75) is 18.9 Å². The number of aliphatic hydroxyl groups is 1. The largest absolute Gasteiger partial charge is 0.393 e. The van der Waals surface area contributed by atoms with Crippen LogP contribution in [0.1, 0.15) is 12.8 Å². The molecule has 110 valence electrons. The summed E-state index contributed by atoms with van der Waals surface area (Å²) in [6.45, 7) is 2.00. The first-order valence-electron chi connectivity index (χ1n) is 7.33. The minimum atomic E-state index is -0.222. The van der Waals surface area contributed by atoms with Crippen LogP contribution in [0.15, 0.2) is 29.6 Å². The van der Waals surface area contributed by atoms with Gasteiger partial charge in [0.15, 0.2) is 5.13 Å². The lowest BCUT2D eigenvalue weighted by molar-refractivity contribution is 0.174. The fraction of sp³-hybridized carbons (Fsp3) is 0.438.